The van der Waals surface area contributed by atoms with E-state index in [1.807, 2.05) is 25.1 Å². The molecular weight excluding hydrogens is 298 g/mol. The van der Waals surface area contributed by atoms with Crippen molar-refractivity contribution in [3.63, 3.8) is 0 Å². The number of nitrogens with two attached hydrogens (primary N) is 1. The number of anilines is 3. The number of aromatic nitrogens is 3. The molecule has 0 saturated heterocycles. The topological polar surface area (TPSA) is 127 Å². The highest BCUT2D eigenvalue weighted by atomic mass is 16.5. The van der Waals surface area contributed by atoms with Crippen LogP contribution in [0.4, 0.5) is 22.4 Å². The summed E-state index contributed by atoms with van der Waals surface area (Å²) >= 11 is 0. The lowest BCUT2D eigenvalue weighted by Gasteiger charge is -2.09. The molecule has 0 radical (unpaired) electrons. The first-order valence-electron chi connectivity index (χ1n) is 7.15. The van der Waals surface area contributed by atoms with Crippen molar-refractivity contribution in [3.05, 3.63) is 30.3 Å². The number of urea groups is 1. The first-order valence-corrected chi connectivity index (χ1v) is 7.15. The van der Waals surface area contributed by atoms with E-state index in [1.54, 1.807) is 12.1 Å². The Balaban J connectivity index is 1.73. The zero-order chi connectivity index (χ0) is 16.5. The Bertz CT molecular complexity index is 636. The zero-order valence-corrected chi connectivity index (χ0v) is 12.7. The quantitative estimate of drug-likeness (QED) is 0.563. The summed E-state index contributed by atoms with van der Waals surface area (Å²) < 4.78 is 5.35. The van der Waals surface area contributed by atoms with Gasteiger partial charge >= 0.3 is 12.0 Å². The lowest BCUT2D eigenvalue weighted by atomic mass is 10.3. The fraction of sp³-hybridized carbons (Fsp3) is 0.286. The number of hydrogen-bond donors (Lipinski definition) is 4. The average Bonchev–Trinajstić information content (AvgIpc) is 2.52. The molecule has 1 aromatic heterocycles. The Morgan fingerprint density at radius 3 is 2.74 bits per heavy atom. The number of nitrogens with zero attached hydrogens (tertiary/aromatic N) is 3. The number of para-hydroxylation sites is 1. The summed E-state index contributed by atoms with van der Waals surface area (Å²) in [6.45, 7) is 3.07. The van der Waals surface area contributed by atoms with E-state index in [9.17, 15) is 4.79 Å². The van der Waals surface area contributed by atoms with Crippen LogP contribution in [-0.2, 0) is 0 Å². The van der Waals surface area contributed by atoms with Crippen LogP contribution in [0.5, 0.6) is 6.01 Å². The van der Waals surface area contributed by atoms with Crippen LogP contribution in [0.1, 0.15) is 6.92 Å². The van der Waals surface area contributed by atoms with Crippen LogP contribution in [0.3, 0.4) is 0 Å². The number of nitrogen functional groups attached to an aromatic ring is 1. The van der Waals surface area contributed by atoms with E-state index in [-0.39, 0.29) is 24.6 Å². The lowest BCUT2D eigenvalue weighted by Crippen LogP contribution is -2.32. The highest BCUT2D eigenvalue weighted by Gasteiger charge is 2.05. The Kier molecular flexibility index (Phi) is 5.92. The summed E-state index contributed by atoms with van der Waals surface area (Å²) in [7, 11) is 0. The fourth-order valence-corrected chi connectivity index (χ4v) is 1.68. The van der Waals surface area contributed by atoms with Gasteiger partial charge in [0.2, 0.25) is 11.9 Å². The number of carbonyl (C=O) groups is 1. The second-order valence-corrected chi connectivity index (χ2v) is 4.43. The van der Waals surface area contributed by atoms with Gasteiger partial charge in [-0.05, 0) is 19.1 Å². The average molecular weight is 317 g/mol. The van der Waals surface area contributed by atoms with Crippen LogP contribution in [-0.4, -0.2) is 40.7 Å². The molecule has 2 amide bonds. The van der Waals surface area contributed by atoms with Gasteiger partial charge in [-0.3, -0.25) is 0 Å². The van der Waals surface area contributed by atoms with Crippen molar-refractivity contribution >= 4 is 23.6 Å². The molecule has 2 aromatic rings. The molecule has 0 fully saturated rings. The Morgan fingerprint density at radius 2 is 2.00 bits per heavy atom. The Labute approximate surface area is 133 Å². The number of benzene rings is 1. The van der Waals surface area contributed by atoms with E-state index in [0.717, 1.165) is 0 Å². The molecule has 23 heavy (non-hydrogen) atoms. The molecule has 9 nitrogen and oxygen atoms in total. The number of carbonyl (C=O) groups excluding carboxylic acids is 1. The summed E-state index contributed by atoms with van der Waals surface area (Å²) in [4.78, 5) is 23.5. The minimum Gasteiger partial charge on any atom is -0.461 e. The minimum atomic E-state index is -0.316. The van der Waals surface area contributed by atoms with Crippen LogP contribution in [0.25, 0.3) is 0 Å². The van der Waals surface area contributed by atoms with Crippen molar-refractivity contribution < 1.29 is 9.53 Å². The van der Waals surface area contributed by atoms with Gasteiger partial charge in [0.05, 0.1) is 6.54 Å². The molecular formula is C14H19N7O2. The second kappa shape index (κ2) is 8.37. The van der Waals surface area contributed by atoms with Crippen LogP contribution >= 0.6 is 0 Å². The summed E-state index contributed by atoms with van der Waals surface area (Å²) in [5, 5.41) is 8.28. The van der Waals surface area contributed by atoms with Gasteiger partial charge < -0.3 is 26.4 Å². The number of hydrogen-bond acceptors (Lipinski definition) is 7. The molecule has 122 valence electrons. The third kappa shape index (κ3) is 5.65. The van der Waals surface area contributed by atoms with Gasteiger partial charge in [0.1, 0.15) is 6.61 Å². The molecule has 5 N–H and O–H groups in total. The molecule has 1 heterocycles. The highest BCUT2D eigenvalue weighted by Crippen LogP contribution is 2.08. The van der Waals surface area contributed by atoms with E-state index in [0.29, 0.717) is 24.7 Å². The maximum absolute atomic E-state index is 11.7. The maximum atomic E-state index is 11.7. The molecule has 0 atom stereocenters. The van der Waals surface area contributed by atoms with Gasteiger partial charge in [-0.1, -0.05) is 18.2 Å². The Hall–Kier alpha value is -3.10. The van der Waals surface area contributed by atoms with Crippen molar-refractivity contribution in [2.24, 2.45) is 0 Å². The first-order chi connectivity index (χ1) is 11.2. The SMILES string of the molecule is CCNc1nc(N)nc(OCCNC(=O)Nc2ccccc2)n1. The second-order valence-electron chi connectivity index (χ2n) is 4.43. The van der Waals surface area contributed by atoms with Crippen LogP contribution < -0.4 is 26.4 Å². The van der Waals surface area contributed by atoms with Crippen LogP contribution in [0, 0.1) is 0 Å². The third-order valence-corrected chi connectivity index (χ3v) is 2.62. The molecule has 1 aromatic carbocycles. The fourth-order valence-electron chi connectivity index (χ4n) is 1.68. The van der Waals surface area contributed by atoms with Crippen molar-refractivity contribution in [2.75, 3.05) is 36.1 Å². The molecule has 9 heteroatoms. The largest absolute Gasteiger partial charge is 0.461 e. The van der Waals surface area contributed by atoms with Crippen LogP contribution in [0.15, 0.2) is 30.3 Å². The van der Waals surface area contributed by atoms with E-state index >= 15 is 0 Å². The van der Waals surface area contributed by atoms with Crippen molar-refractivity contribution in [2.45, 2.75) is 6.92 Å². The van der Waals surface area contributed by atoms with Gasteiger partial charge in [0, 0.05) is 12.2 Å². The van der Waals surface area contributed by atoms with Gasteiger partial charge in [-0.2, -0.15) is 15.0 Å². The normalized spacial score (nSPS) is 9.96. The lowest BCUT2D eigenvalue weighted by molar-refractivity contribution is 0.245. The molecule has 0 unspecified atom stereocenters. The summed E-state index contributed by atoms with van der Waals surface area (Å²) in [6.07, 6.45) is 0. The van der Waals surface area contributed by atoms with Crippen LogP contribution in [0.2, 0.25) is 0 Å². The summed E-state index contributed by atoms with van der Waals surface area (Å²) in [5.74, 6) is 0.422. The number of rotatable bonds is 7. The van der Waals surface area contributed by atoms with Crippen molar-refractivity contribution in [1.82, 2.24) is 20.3 Å². The molecule has 0 aliphatic carbocycles. The standard InChI is InChI=1S/C14H19N7O2/c1-2-16-12-19-11(15)20-14(21-12)23-9-8-17-13(22)18-10-6-4-3-5-7-10/h3-7H,2,8-9H2,1H3,(H2,17,18,22)(H3,15,16,19,20,21). The highest BCUT2D eigenvalue weighted by molar-refractivity contribution is 5.89. The van der Waals surface area contributed by atoms with E-state index in [1.165, 1.54) is 0 Å². The van der Waals surface area contributed by atoms with Gasteiger partial charge in [-0.25, -0.2) is 4.79 Å². The minimum absolute atomic E-state index is 0.0701. The smallest absolute Gasteiger partial charge is 0.323 e. The monoisotopic (exact) mass is 317 g/mol. The third-order valence-electron chi connectivity index (χ3n) is 2.62. The van der Waals surface area contributed by atoms with Gasteiger partial charge in [-0.15, -0.1) is 0 Å². The molecule has 0 spiro atoms. The molecule has 0 aliphatic rings. The summed E-state index contributed by atoms with van der Waals surface area (Å²) in [5.41, 5.74) is 6.28. The van der Waals surface area contributed by atoms with Crippen molar-refractivity contribution in [3.8, 4) is 6.01 Å². The number of amides is 2. The zero-order valence-electron chi connectivity index (χ0n) is 12.7. The predicted octanol–water partition coefficient (Wildman–Crippen LogP) is 1.09. The van der Waals surface area contributed by atoms with E-state index in [4.69, 9.17) is 10.5 Å². The molecule has 0 bridgehead atoms. The molecule has 0 aliphatic heterocycles. The predicted molar refractivity (Wildman–Crippen MR) is 87.4 cm³/mol. The first kappa shape index (κ1) is 16.3. The van der Waals surface area contributed by atoms with Crippen molar-refractivity contribution in [1.29, 1.82) is 0 Å². The number of ether oxygens (including phenoxy) is 1. The Morgan fingerprint density at radius 1 is 1.22 bits per heavy atom. The summed E-state index contributed by atoms with van der Waals surface area (Å²) in [6, 6.07) is 8.94. The van der Waals surface area contributed by atoms with E-state index < -0.39 is 0 Å². The van der Waals surface area contributed by atoms with Gasteiger partial charge in [0.25, 0.3) is 0 Å². The molecule has 0 saturated carbocycles. The van der Waals surface area contributed by atoms with E-state index in [2.05, 4.69) is 30.9 Å². The van der Waals surface area contributed by atoms with Gasteiger partial charge in [0.15, 0.2) is 0 Å². The number of nitrogens with one attached hydrogen (secondary N) is 3. The molecule has 2 rings (SSSR count). The maximum Gasteiger partial charge on any atom is 0.323 e.